The Morgan fingerprint density at radius 1 is 0.312 bits per heavy atom. The Morgan fingerprint density at radius 2 is 0.547 bits per heavy atom. The minimum atomic E-state index is -0.283. The van der Waals surface area contributed by atoms with Crippen molar-refractivity contribution in [2.75, 3.05) is 131 Å². The first-order valence-corrected chi connectivity index (χ1v) is 45.4. The molecule has 2 N–H and O–H groups in total. The van der Waals surface area contributed by atoms with E-state index in [1.807, 2.05) is 131 Å². The van der Waals surface area contributed by atoms with Gasteiger partial charge in [0.2, 0.25) is 11.8 Å². The summed E-state index contributed by atoms with van der Waals surface area (Å²) in [5, 5.41) is 31.3. The maximum atomic E-state index is 12.5. The third kappa shape index (κ3) is 20.4. The fourth-order valence-electron chi connectivity index (χ4n) is 19.7. The summed E-state index contributed by atoms with van der Waals surface area (Å²) in [6.45, 7) is 19.1. The van der Waals surface area contributed by atoms with E-state index < -0.39 is 0 Å². The molecule has 0 radical (unpaired) electrons. The van der Waals surface area contributed by atoms with Gasteiger partial charge in [0.05, 0.1) is 62.9 Å². The van der Waals surface area contributed by atoms with Gasteiger partial charge in [-0.1, -0.05) is 24.3 Å². The summed E-state index contributed by atoms with van der Waals surface area (Å²) in [6, 6.07) is 39.8. The Kier molecular flexibility index (Phi) is 27.5. The van der Waals surface area contributed by atoms with Gasteiger partial charge in [0.15, 0.2) is 0 Å². The fraction of sp³-hybridized carbons (Fsp3) is 0.431. The molecule has 8 fully saturated rings. The van der Waals surface area contributed by atoms with Crippen LogP contribution in [0.5, 0.6) is 23.0 Å². The molecular weight excluding hydrogens is 1630 g/mol. The minimum Gasteiger partial charge on any atom is -0.492 e. The van der Waals surface area contributed by atoms with E-state index in [-0.39, 0.29) is 120 Å². The van der Waals surface area contributed by atoms with Crippen LogP contribution in [0.2, 0.25) is 0 Å². The van der Waals surface area contributed by atoms with Gasteiger partial charge >= 0.3 is 0 Å². The number of Topliss-reactive ketones (excluding diaryl/α,β-unsaturated/α-hetero) is 8. The van der Waals surface area contributed by atoms with Crippen molar-refractivity contribution in [3.8, 4) is 23.0 Å². The second-order valence-corrected chi connectivity index (χ2v) is 35.4. The van der Waals surface area contributed by atoms with Gasteiger partial charge in [-0.05, 0) is 192 Å². The monoisotopic (exact) mass is 1740 g/mol. The molecule has 128 heavy (non-hydrogen) atoms. The van der Waals surface area contributed by atoms with Gasteiger partial charge in [-0.15, -0.1) is 0 Å². The standard InChI is InChI=1S/2C26H28N2O5.2C25H27NO5/c2*1-17(29)28-10-8-27(9-11-28)12-13-32-20-4-6-21-18(14-20)2-7-25-26(21)23(16-33-25)22-5-3-19(30)15-24(22)31;2*27-17-7-9-26(10-8-17)11-12-30-19-3-5-20-16(13-19)1-6-24-25(20)22(15-31-24)21-4-2-18(28)14-23(21)29/h2*2,4,6-7,14,16,22H,3,5,8-13,15H2,1H3;2*1,3,5-6,13,15,17,21,27H,2,4,7-12,14H2/t2*22-;2*21-/m1010/s1. The van der Waals surface area contributed by atoms with E-state index in [9.17, 15) is 58.2 Å². The van der Waals surface area contributed by atoms with Crippen LogP contribution < -0.4 is 18.9 Å². The van der Waals surface area contributed by atoms with Crippen molar-refractivity contribution >= 4 is 145 Å². The zero-order chi connectivity index (χ0) is 88.6. The maximum absolute atomic E-state index is 12.5. The van der Waals surface area contributed by atoms with Crippen molar-refractivity contribution in [1.29, 1.82) is 0 Å². The molecule has 0 spiro atoms. The van der Waals surface area contributed by atoms with Crippen LogP contribution in [0.15, 0.2) is 164 Å². The van der Waals surface area contributed by atoms with Gasteiger partial charge in [-0.2, -0.15) is 0 Å². The van der Waals surface area contributed by atoms with E-state index in [1.165, 1.54) is 0 Å². The number of benzene rings is 8. The largest absolute Gasteiger partial charge is 0.492 e. The molecule has 4 aromatic heterocycles. The highest BCUT2D eigenvalue weighted by atomic mass is 16.5. The Hall–Kier alpha value is -11.8. The minimum absolute atomic E-state index is 0.0128. The van der Waals surface area contributed by atoms with E-state index in [4.69, 9.17) is 36.6 Å². The number of nitrogens with zero attached hydrogens (tertiary/aromatic N) is 6. The molecule has 4 aliphatic heterocycles. The number of hydrogen-bond acceptors (Lipinski definition) is 24. The fourth-order valence-corrected chi connectivity index (χ4v) is 19.7. The number of rotatable bonds is 20. The number of amides is 2. The molecule has 26 heteroatoms. The van der Waals surface area contributed by atoms with Crippen molar-refractivity contribution in [3.63, 3.8) is 0 Å². The van der Waals surface area contributed by atoms with Crippen LogP contribution in [0.1, 0.15) is 163 Å². The third-order valence-electron chi connectivity index (χ3n) is 27.1. The van der Waals surface area contributed by atoms with Crippen LogP contribution in [0.4, 0.5) is 0 Å². The van der Waals surface area contributed by atoms with Crippen LogP contribution >= 0.6 is 0 Å². The Bertz CT molecular complexity index is 5810. The quantitative estimate of drug-likeness (QED) is 0.0670. The third-order valence-corrected chi connectivity index (χ3v) is 27.1. The number of fused-ring (bicyclic) bond motifs is 12. The summed E-state index contributed by atoms with van der Waals surface area (Å²) in [4.78, 5) is 133. The molecule has 20 rings (SSSR count). The molecule has 4 saturated heterocycles. The van der Waals surface area contributed by atoms with Crippen molar-refractivity contribution in [2.45, 2.75) is 152 Å². The van der Waals surface area contributed by atoms with Gasteiger partial charge in [0.1, 0.15) is 118 Å². The number of piperazine rings is 2. The molecule has 0 bridgehead atoms. The lowest BCUT2D eigenvalue weighted by atomic mass is 9.81. The normalized spacial score (nSPS) is 20.6. The number of carbonyl (C=O) groups is 10. The number of ether oxygens (including phenoxy) is 4. The molecule has 12 aromatic rings. The van der Waals surface area contributed by atoms with E-state index in [0.29, 0.717) is 77.8 Å². The van der Waals surface area contributed by atoms with Gasteiger partial charge in [-0.3, -0.25) is 67.5 Å². The first-order valence-electron chi connectivity index (χ1n) is 45.4. The first kappa shape index (κ1) is 88.3. The Balaban J connectivity index is 0.000000120. The van der Waals surface area contributed by atoms with Gasteiger partial charge in [-0.25, -0.2) is 0 Å². The molecule has 4 saturated carbocycles. The number of ketones is 8. The Morgan fingerprint density at radius 3 is 0.773 bits per heavy atom. The average molecular weight is 1740 g/mol. The van der Waals surface area contributed by atoms with Gasteiger partial charge < -0.3 is 56.6 Å². The van der Waals surface area contributed by atoms with Crippen molar-refractivity contribution in [2.24, 2.45) is 0 Å². The zero-order valence-corrected chi connectivity index (χ0v) is 72.7. The predicted octanol–water partition coefficient (Wildman–Crippen LogP) is 14.7. The molecule has 2 amide bonds. The average Bonchev–Trinajstić information content (AvgIpc) is 1.60. The van der Waals surface area contributed by atoms with Crippen molar-refractivity contribution in [1.82, 2.24) is 29.4 Å². The van der Waals surface area contributed by atoms with Crippen molar-refractivity contribution < 1.29 is 94.8 Å². The lowest BCUT2D eigenvalue weighted by Gasteiger charge is -2.34. The molecule has 668 valence electrons. The molecule has 8 aromatic carbocycles. The predicted molar refractivity (Wildman–Crippen MR) is 484 cm³/mol. The topological polar surface area (TPSA) is 320 Å². The van der Waals surface area contributed by atoms with E-state index in [0.717, 1.165) is 263 Å². The number of likely N-dealkylation sites (tertiary alicyclic amines) is 2. The van der Waals surface area contributed by atoms with Crippen LogP contribution in [0, 0.1) is 0 Å². The maximum Gasteiger partial charge on any atom is 0.219 e. The lowest BCUT2D eigenvalue weighted by molar-refractivity contribution is -0.132. The summed E-state index contributed by atoms with van der Waals surface area (Å²) in [5.74, 6) is 2.43. The molecule has 4 aliphatic carbocycles. The molecular formula is C102H110N6O20. The molecule has 4 atom stereocenters. The number of carbonyl (C=O) groups excluding carboxylic acids is 10. The summed E-state index contributed by atoms with van der Waals surface area (Å²) in [5.41, 5.74) is 6.55. The molecule has 8 heterocycles. The van der Waals surface area contributed by atoms with Crippen molar-refractivity contribution in [3.05, 3.63) is 169 Å². The summed E-state index contributed by atoms with van der Waals surface area (Å²) >= 11 is 0. The molecule has 26 nitrogen and oxygen atoms in total. The number of aliphatic hydroxyl groups is 2. The van der Waals surface area contributed by atoms with Crippen LogP contribution in [0.25, 0.3) is 87.0 Å². The van der Waals surface area contributed by atoms with Crippen LogP contribution in [-0.2, 0) is 47.9 Å². The highest BCUT2D eigenvalue weighted by molar-refractivity contribution is 6.16. The van der Waals surface area contributed by atoms with E-state index >= 15 is 0 Å². The zero-order valence-electron chi connectivity index (χ0n) is 72.7. The second-order valence-electron chi connectivity index (χ2n) is 35.4. The summed E-state index contributed by atoms with van der Waals surface area (Å²) in [6.07, 6.45) is 13.8. The Labute approximate surface area is 740 Å². The van der Waals surface area contributed by atoms with E-state index in [2.05, 4.69) is 19.6 Å². The first-order chi connectivity index (χ1) is 62.1. The number of aliphatic hydroxyl groups excluding tert-OH is 2. The molecule has 8 aliphatic rings. The summed E-state index contributed by atoms with van der Waals surface area (Å²) in [7, 11) is 0. The molecule has 0 unspecified atom stereocenters. The number of piperidine rings is 2. The second kappa shape index (κ2) is 39.8. The number of hydrogen-bond donors (Lipinski definition) is 2. The van der Waals surface area contributed by atoms with Gasteiger partial charge in [0, 0.05) is 212 Å². The smallest absolute Gasteiger partial charge is 0.219 e. The summed E-state index contributed by atoms with van der Waals surface area (Å²) < 4.78 is 47.1. The highest BCUT2D eigenvalue weighted by Crippen LogP contribution is 2.45. The van der Waals surface area contributed by atoms with Crippen LogP contribution in [-0.4, -0.2) is 241 Å². The van der Waals surface area contributed by atoms with Gasteiger partial charge in [0.25, 0.3) is 0 Å². The van der Waals surface area contributed by atoms with E-state index in [1.54, 1.807) is 38.9 Å². The van der Waals surface area contributed by atoms with Crippen LogP contribution in [0.3, 0.4) is 0 Å². The highest BCUT2D eigenvalue weighted by Gasteiger charge is 2.37. The SMILES string of the molecule is CC(=O)N1CCN(CCOc2ccc3c(ccc4occ([C@@H]5CCC(=O)CC5=O)c43)c2)CC1.CC(=O)N1CCN(CCOc2ccc3c(ccc4occ([C@H]5CCC(=O)CC5=O)c43)c2)CC1.O=C1CC[C@@H](c2coc3ccc4cc(OCCN5CCC(O)CC5)ccc4c23)C(=O)C1.O=C1CC[C@H](c2coc3ccc4cc(OCCN5CCC(O)CC5)ccc4c23)C(=O)C1. The lowest BCUT2D eigenvalue weighted by Crippen LogP contribution is -2.48. The number of furan rings is 4.